The first kappa shape index (κ1) is 25.5. The molecular formula is C29H30Br2N2O2. The Hall–Kier alpha value is -2.57. The fourth-order valence-corrected chi connectivity index (χ4v) is 4.80. The molecule has 4 rings (SSSR count). The Bertz CT molecular complexity index is 1270. The molecular weight excluding hydrogens is 568 g/mol. The van der Waals surface area contributed by atoms with Crippen molar-refractivity contribution in [2.45, 2.75) is 39.2 Å². The molecule has 0 saturated heterocycles. The number of unbranched alkanes of at least 4 members (excludes halogenated alkanes) is 3. The number of methoxy groups -OCH3 is 2. The van der Waals surface area contributed by atoms with Crippen LogP contribution >= 0.6 is 31.9 Å². The second-order valence-corrected chi connectivity index (χ2v) is 10.3. The van der Waals surface area contributed by atoms with E-state index in [-0.39, 0.29) is 0 Å². The maximum absolute atomic E-state index is 5.61. The summed E-state index contributed by atoms with van der Waals surface area (Å²) in [6.07, 6.45) is 4.71. The van der Waals surface area contributed by atoms with Crippen molar-refractivity contribution in [2.24, 2.45) is 0 Å². The molecule has 3 aromatic carbocycles. The van der Waals surface area contributed by atoms with Gasteiger partial charge >= 0.3 is 0 Å². The molecule has 4 aromatic rings. The average molecular weight is 598 g/mol. The topological polar surface area (TPSA) is 36.3 Å². The summed E-state index contributed by atoms with van der Waals surface area (Å²) in [6, 6.07) is 22.9. The van der Waals surface area contributed by atoms with Crippen LogP contribution in [0.4, 0.5) is 0 Å². The molecule has 0 fully saturated rings. The predicted molar refractivity (Wildman–Crippen MR) is 151 cm³/mol. The van der Waals surface area contributed by atoms with E-state index in [1.54, 1.807) is 14.2 Å². The largest absolute Gasteiger partial charge is 0.493 e. The molecule has 35 heavy (non-hydrogen) atoms. The van der Waals surface area contributed by atoms with Crippen LogP contribution in [0.5, 0.6) is 11.5 Å². The Labute approximate surface area is 224 Å². The van der Waals surface area contributed by atoms with E-state index >= 15 is 0 Å². The van der Waals surface area contributed by atoms with Crippen molar-refractivity contribution < 1.29 is 9.47 Å². The van der Waals surface area contributed by atoms with Gasteiger partial charge in [0.05, 0.1) is 25.6 Å². The Morgan fingerprint density at radius 1 is 0.714 bits per heavy atom. The highest BCUT2D eigenvalue weighted by atomic mass is 79.9. The summed E-state index contributed by atoms with van der Waals surface area (Å²) in [4.78, 5) is 5.25. The molecule has 0 spiro atoms. The van der Waals surface area contributed by atoms with Gasteiger partial charge in [-0.3, -0.25) is 0 Å². The van der Waals surface area contributed by atoms with Crippen LogP contribution < -0.4 is 9.47 Å². The summed E-state index contributed by atoms with van der Waals surface area (Å²) in [5, 5.41) is 0. The number of nitrogens with zero attached hydrogens (tertiary/aromatic N) is 2. The van der Waals surface area contributed by atoms with Gasteiger partial charge in [0.1, 0.15) is 5.82 Å². The highest BCUT2D eigenvalue weighted by Gasteiger charge is 2.22. The van der Waals surface area contributed by atoms with Crippen molar-refractivity contribution >= 4 is 31.9 Å². The smallest absolute Gasteiger partial charge is 0.161 e. The molecule has 0 atom stereocenters. The fourth-order valence-electron chi connectivity index (χ4n) is 4.27. The zero-order valence-electron chi connectivity index (χ0n) is 20.4. The summed E-state index contributed by atoms with van der Waals surface area (Å²) in [5.41, 5.74) is 5.32. The van der Waals surface area contributed by atoms with Crippen LogP contribution in [0, 0.1) is 0 Å². The van der Waals surface area contributed by atoms with Crippen LogP contribution in [-0.4, -0.2) is 23.8 Å². The minimum Gasteiger partial charge on any atom is -0.493 e. The van der Waals surface area contributed by atoms with Gasteiger partial charge in [-0.15, -0.1) is 0 Å². The van der Waals surface area contributed by atoms with Gasteiger partial charge in [0.2, 0.25) is 0 Å². The quantitative estimate of drug-likeness (QED) is 0.171. The Morgan fingerprint density at radius 2 is 1.31 bits per heavy atom. The number of benzene rings is 3. The first-order chi connectivity index (χ1) is 17.0. The highest BCUT2D eigenvalue weighted by molar-refractivity contribution is 9.10. The lowest BCUT2D eigenvalue weighted by molar-refractivity contribution is 0.355. The number of imidazole rings is 1. The third-order valence-corrected chi connectivity index (χ3v) is 7.14. The summed E-state index contributed by atoms with van der Waals surface area (Å²) in [5.74, 6) is 2.33. The molecule has 1 aromatic heterocycles. The lowest BCUT2D eigenvalue weighted by Crippen LogP contribution is -2.04. The molecule has 182 valence electrons. The molecule has 6 heteroatoms. The van der Waals surface area contributed by atoms with Crippen LogP contribution in [-0.2, 0) is 6.54 Å². The molecule has 0 saturated carbocycles. The molecule has 0 bridgehead atoms. The maximum Gasteiger partial charge on any atom is 0.161 e. The van der Waals surface area contributed by atoms with Crippen LogP contribution in [0.25, 0.3) is 33.9 Å². The number of ether oxygens (including phenoxy) is 2. The normalized spacial score (nSPS) is 11.0. The molecule has 0 unspecified atom stereocenters. The molecule has 1 heterocycles. The van der Waals surface area contributed by atoms with Crippen molar-refractivity contribution in [1.82, 2.24) is 9.55 Å². The van der Waals surface area contributed by atoms with E-state index < -0.39 is 0 Å². The van der Waals surface area contributed by atoms with E-state index in [0.717, 1.165) is 55.8 Å². The molecule has 0 aliphatic rings. The second-order valence-electron chi connectivity index (χ2n) is 8.43. The highest BCUT2D eigenvalue weighted by Crippen LogP contribution is 2.39. The Balaban J connectivity index is 1.94. The number of rotatable bonds is 10. The summed E-state index contributed by atoms with van der Waals surface area (Å²) < 4.78 is 15.6. The van der Waals surface area contributed by atoms with Crippen molar-refractivity contribution in [3.05, 3.63) is 75.7 Å². The molecule has 0 aliphatic carbocycles. The van der Waals surface area contributed by atoms with Gasteiger partial charge in [-0.25, -0.2) is 4.98 Å². The van der Waals surface area contributed by atoms with Crippen molar-refractivity contribution in [2.75, 3.05) is 14.2 Å². The average Bonchev–Trinajstić information content (AvgIpc) is 3.26. The molecule has 0 N–H and O–H groups in total. The molecule has 0 radical (unpaired) electrons. The van der Waals surface area contributed by atoms with E-state index in [1.165, 1.54) is 19.3 Å². The predicted octanol–water partition coefficient (Wildman–Crippen LogP) is 9.01. The van der Waals surface area contributed by atoms with Crippen LogP contribution in [0.15, 0.2) is 75.7 Å². The number of aromatic nitrogens is 2. The summed E-state index contributed by atoms with van der Waals surface area (Å²) in [7, 11) is 3.32. The van der Waals surface area contributed by atoms with Gasteiger partial charge in [0, 0.05) is 32.2 Å². The van der Waals surface area contributed by atoms with E-state index in [0.29, 0.717) is 11.5 Å². The maximum atomic E-state index is 5.61. The third kappa shape index (κ3) is 5.81. The fraction of sp³-hybridized carbons (Fsp3) is 0.276. The monoisotopic (exact) mass is 596 g/mol. The lowest BCUT2D eigenvalue weighted by atomic mass is 10.0. The zero-order valence-corrected chi connectivity index (χ0v) is 23.5. The summed E-state index contributed by atoms with van der Waals surface area (Å²) in [6.45, 7) is 3.13. The Kier molecular flexibility index (Phi) is 8.69. The molecule has 0 amide bonds. The number of hydrogen-bond donors (Lipinski definition) is 0. The first-order valence-corrected chi connectivity index (χ1v) is 13.5. The van der Waals surface area contributed by atoms with E-state index in [9.17, 15) is 0 Å². The van der Waals surface area contributed by atoms with Gasteiger partial charge in [0.15, 0.2) is 11.5 Å². The van der Waals surface area contributed by atoms with Gasteiger partial charge in [-0.1, -0.05) is 82.3 Å². The van der Waals surface area contributed by atoms with Crippen LogP contribution in [0.2, 0.25) is 0 Å². The minimum absolute atomic E-state index is 0.695. The van der Waals surface area contributed by atoms with Gasteiger partial charge in [-0.2, -0.15) is 0 Å². The van der Waals surface area contributed by atoms with E-state index in [4.69, 9.17) is 14.5 Å². The first-order valence-electron chi connectivity index (χ1n) is 11.9. The van der Waals surface area contributed by atoms with Crippen LogP contribution in [0.3, 0.4) is 0 Å². The van der Waals surface area contributed by atoms with Gasteiger partial charge < -0.3 is 14.0 Å². The van der Waals surface area contributed by atoms with Crippen molar-refractivity contribution in [1.29, 1.82) is 0 Å². The van der Waals surface area contributed by atoms with Gasteiger partial charge in [-0.05, 0) is 48.9 Å². The molecule has 4 nitrogen and oxygen atoms in total. The number of halogens is 2. The van der Waals surface area contributed by atoms with Crippen molar-refractivity contribution in [3.63, 3.8) is 0 Å². The summed E-state index contributed by atoms with van der Waals surface area (Å²) >= 11 is 7.15. The van der Waals surface area contributed by atoms with E-state index in [2.05, 4.69) is 97.9 Å². The SMILES string of the molecule is CCCCCCn1c(-c2ccc(OC)c(OC)c2)nc(-c2ccc(Br)cc2)c1-c1ccc(Br)cc1. The third-order valence-electron chi connectivity index (χ3n) is 6.08. The van der Waals surface area contributed by atoms with Crippen LogP contribution in [0.1, 0.15) is 32.6 Å². The standard InChI is InChI=1S/C29H30Br2N2O2/c1-4-5-6-7-18-33-28(21-10-15-24(31)16-11-21)27(20-8-13-23(30)14-9-20)32-29(33)22-12-17-25(34-2)26(19-22)35-3/h8-17,19H,4-7,18H2,1-3H3. The Morgan fingerprint density at radius 3 is 1.91 bits per heavy atom. The van der Waals surface area contributed by atoms with E-state index in [1.807, 2.05) is 12.1 Å². The van der Waals surface area contributed by atoms with Crippen molar-refractivity contribution in [3.8, 4) is 45.4 Å². The van der Waals surface area contributed by atoms with Gasteiger partial charge in [0.25, 0.3) is 0 Å². The minimum atomic E-state index is 0.695. The zero-order chi connectivity index (χ0) is 24.8. The second kappa shape index (κ2) is 11.9. The lowest BCUT2D eigenvalue weighted by Gasteiger charge is -2.15. The number of hydrogen-bond acceptors (Lipinski definition) is 3. The molecule has 0 aliphatic heterocycles.